The average molecular weight is 169 g/mol. The van der Waals surface area contributed by atoms with E-state index in [1.807, 2.05) is 20.8 Å². The van der Waals surface area contributed by atoms with Gasteiger partial charge in [-0.15, -0.1) is 0 Å². The maximum absolute atomic E-state index is 12.6. The molecule has 0 bridgehead atoms. The van der Waals surface area contributed by atoms with Crippen LogP contribution in [0.2, 0.25) is 0 Å². The van der Waals surface area contributed by atoms with Gasteiger partial charge in [-0.05, 0) is 19.8 Å². The third-order valence-electron chi connectivity index (χ3n) is 1.68. The van der Waals surface area contributed by atoms with Crippen LogP contribution in [0.15, 0.2) is 29.2 Å². The maximum Gasteiger partial charge on any atom is 0.141 e. The minimum atomic E-state index is -0.475. The zero-order valence-electron chi connectivity index (χ0n) is 8.19. The molecule has 0 rings (SSSR count). The van der Waals surface area contributed by atoms with Crippen molar-refractivity contribution in [1.29, 1.82) is 0 Å². The molecule has 0 N–H and O–H groups in total. The van der Waals surface area contributed by atoms with E-state index in [1.165, 1.54) is 0 Å². The summed E-state index contributed by atoms with van der Waals surface area (Å²) in [7, 11) is 0. The molecule has 0 aliphatic heterocycles. The maximum atomic E-state index is 12.6. The van der Waals surface area contributed by atoms with Crippen LogP contribution in [0, 0.1) is 5.92 Å². The molecule has 2 heteroatoms. The third-order valence-corrected chi connectivity index (χ3v) is 1.68. The lowest BCUT2D eigenvalue weighted by Gasteiger charge is -2.04. The Morgan fingerprint density at radius 3 is 2.25 bits per heavy atom. The van der Waals surface area contributed by atoms with Crippen molar-refractivity contribution in [1.82, 2.24) is 0 Å². The van der Waals surface area contributed by atoms with Gasteiger partial charge in [0, 0.05) is 5.71 Å². The molecule has 0 amide bonds. The Morgan fingerprint density at radius 1 is 1.50 bits per heavy atom. The molecular weight excluding hydrogens is 153 g/mol. The molecule has 0 aliphatic rings. The number of hydrogen-bond acceptors (Lipinski definition) is 1. The van der Waals surface area contributed by atoms with Crippen molar-refractivity contribution < 1.29 is 4.39 Å². The molecule has 0 aliphatic carbocycles. The molecule has 0 atom stereocenters. The Labute approximate surface area is 73.7 Å². The van der Waals surface area contributed by atoms with E-state index in [9.17, 15) is 4.39 Å². The van der Waals surface area contributed by atoms with Crippen LogP contribution >= 0.6 is 0 Å². The number of allylic oxidation sites excluding steroid dienone is 2. The summed E-state index contributed by atoms with van der Waals surface area (Å²) in [6, 6.07) is 0. The first-order valence-electron chi connectivity index (χ1n) is 4.05. The van der Waals surface area contributed by atoms with Gasteiger partial charge in [-0.3, -0.25) is 4.99 Å². The summed E-state index contributed by atoms with van der Waals surface area (Å²) < 4.78 is 12.6. The van der Waals surface area contributed by atoms with Gasteiger partial charge in [0.05, 0.1) is 5.70 Å². The lowest BCUT2D eigenvalue weighted by atomic mass is 10.1. The molecule has 68 valence electrons. The molecule has 0 aromatic carbocycles. The molecule has 0 radical (unpaired) electrons. The van der Waals surface area contributed by atoms with Gasteiger partial charge in [0.25, 0.3) is 0 Å². The Bertz CT molecular complexity index is 224. The fourth-order valence-corrected chi connectivity index (χ4v) is 0.601. The second-order valence-corrected chi connectivity index (χ2v) is 2.99. The first-order valence-corrected chi connectivity index (χ1v) is 4.05. The largest absolute Gasteiger partial charge is 0.255 e. The van der Waals surface area contributed by atoms with E-state index < -0.39 is 5.83 Å². The quantitative estimate of drug-likeness (QED) is 0.453. The summed E-state index contributed by atoms with van der Waals surface area (Å²) in [5.74, 6) is -0.128. The predicted molar refractivity (Wildman–Crippen MR) is 52.0 cm³/mol. The third kappa shape index (κ3) is 3.46. The molecule has 0 fully saturated rings. The first-order chi connectivity index (χ1) is 5.49. The number of aliphatic imine (C=N–C) groups is 1. The van der Waals surface area contributed by atoms with E-state index in [2.05, 4.69) is 11.6 Å². The first kappa shape index (κ1) is 11.1. The van der Waals surface area contributed by atoms with Gasteiger partial charge in [-0.1, -0.05) is 26.5 Å². The van der Waals surface area contributed by atoms with Crippen LogP contribution < -0.4 is 0 Å². The minimum absolute atomic E-state index is 0.334. The van der Waals surface area contributed by atoms with Gasteiger partial charge >= 0.3 is 0 Å². The Balaban J connectivity index is 4.60. The predicted octanol–water partition coefficient (Wildman–Crippen LogP) is 3.49. The Kier molecular flexibility index (Phi) is 4.49. The van der Waals surface area contributed by atoms with Gasteiger partial charge in [-0.25, -0.2) is 4.39 Å². The molecule has 0 spiro atoms. The molecule has 0 aromatic heterocycles. The Hall–Kier alpha value is -0.920. The molecule has 0 saturated carbocycles. The van der Waals surface area contributed by atoms with Crippen LogP contribution in [0.25, 0.3) is 0 Å². The zero-order chi connectivity index (χ0) is 9.72. The molecule has 0 heterocycles. The smallest absolute Gasteiger partial charge is 0.141 e. The van der Waals surface area contributed by atoms with Crippen LogP contribution in [0.4, 0.5) is 4.39 Å². The van der Waals surface area contributed by atoms with E-state index in [0.717, 1.165) is 5.71 Å². The van der Waals surface area contributed by atoms with E-state index in [4.69, 9.17) is 0 Å². The molecule has 0 saturated heterocycles. The highest BCUT2D eigenvalue weighted by Gasteiger charge is 2.01. The van der Waals surface area contributed by atoms with Gasteiger partial charge in [0.15, 0.2) is 0 Å². The van der Waals surface area contributed by atoms with Crippen molar-refractivity contribution in [2.24, 2.45) is 10.9 Å². The minimum Gasteiger partial charge on any atom is -0.255 e. The zero-order valence-corrected chi connectivity index (χ0v) is 8.19. The molecule has 0 aromatic rings. The fraction of sp³-hybridized carbons (Fsp3) is 0.500. The standard InChI is InChI=1S/C10H16FN/c1-6-10(8(4)11)12-9(5)7(2)3/h6-7H,4H2,1-3,5H3/b10-6-,12-9?. The molecular formula is C10H16FN. The fourth-order valence-electron chi connectivity index (χ4n) is 0.601. The van der Waals surface area contributed by atoms with Crippen LogP contribution in [0.1, 0.15) is 27.7 Å². The van der Waals surface area contributed by atoms with Crippen molar-refractivity contribution in [3.63, 3.8) is 0 Å². The van der Waals surface area contributed by atoms with E-state index >= 15 is 0 Å². The van der Waals surface area contributed by atoms with Crippen LogP contribution in [-0.4, -0.2) is 5.71 Å². The second kappa shape index (κ2) is 4.86. The van der Waals surface area contributed by atoms with E-state index in [0.29, 0.717) is 11.6 Å². The highest BCUT2D eigenvalue weighted by Crippen LogP contribution is 2.12. The van der Waals surface area contributed by atoms with Gasteiger partial charge < -0.3 is 0 Å². The van der Waals surface area contributed by atoms with Crippen molar-refractivity contribution in [2.75, 3.05) is 0 Å². The average Bonchev–Trinajstić information content (AvgIpc) is 1.98. The summed E-state index contributed by atoms with van der Waals surface area (Å²) in [6.45, 7) is 10.9. The second-order valence-electron chi connectivity index (χ2n) is 2.99. The van der Waals surface area contributed by atoms with Crippen molar-refractivity contribution in [2.45, 2.75) is 27.7 Å². The van der Waals surface area contributed by atoms with Crippen molar-refractivity contribution >= 4 is 5.71 Å². The summed E-state index contributed by atoms with van der Waals surface area (Å²) in [4.78, 5) is 4.10. The van der Waals surface area contributed by atoms with E-state index in [1.54, 1.807) is 13.0 Å². The number of hydrogen-bond donors (Lipinski definition) is 0. The highest BCUT2D eigenvalue weighted by molar-refractivity contribution is 5.84. The summed E-state index contributed by atoms with van der Waals surface area (Å²) >= 11 is 0. The van der Waals surface area contributed by atoms with Crippen LogP contribution in [0.3, 0.4) is 0 Å². The normalized spacial score (nSPS) is 13.8. The van der Waals surface area contributed by atoms with Gasteiger partial charge in [0.2, 0.25) is 0 Å². The number of nitrogens with zero attached hydrogens (tertiary/aromatic N) is 1. The van der Waals surface area contributed by atoms with Crippen molar-refractivity contribution in [3.8, 4) is 0 Å². The summed E-state index contributed by atoms with van der Waals surface area (Å²) in [5.41, 5.74) is 1.25. The lowest BCUT2D eigenvalue weighted by molar-refractivity contribution is 0.652. The molecule has 12 heavy (non-hydrogen) atoms. The lowest BCUT2D eigenvalue weighted by Crippen LogP contribution is -2.02. The molecule has 1 nitrogen and oxygen atoms in total. The number of halogens is 1. The van der Waals surface area contributed by atoms with Gasteiger partial charge in [0.1, 0.15) is 5.83 Å². The summed E-state index contributed by atoms with van der Waals surface area (Å²) in [6.07, 6.45) is 1.62. The number of rotatable bonds is 3. The van der Waals surface area contributed by atoms with Crippen LogP contribution in [-0.2, 0) is 0 Å². The Morgan fingerprint density at radius 2 is 2.00 bits per heavy atom. The van der Waals surface area contributed by atoms with E-state index in [-0.39, 0.29) is 0 Å². The SMILES string of the molecule is C=C(F)/C(=C/C)N=C(C)C(C)C. The van der Waals surface area contributed by atoms with Gasteiger partial charge in [-0.2, -0.15) is 0 Å². The van der Waals surface area contributed by atoms with Crippen molar-refractivity contribution in [3.05, 3.63) is 24.2 Å². The summed E-state index contributed by atoms with van der Waals surface area (Å²) in [5, 5.41) is 0. The highest BCUT2D eigenvalue weighted by atomic mass is 19.1. The van der Waals surface area contributed by atoms with Crippen LogP contribution in [0.5, 0.6) is 0 Å². The molecule has 0 unspecified atom stereocenters. The topological polar surface area (TPSA) is 12.4 Å². The monoisotopic (exact) mass is 169 g/mol.